The smallest absolute Gasteiger partial charge is 0.199 e. The third-order valence-electron chi connectivity index (χ3n) is 3.70. The van der Waals surface area contributed by atoms with Gasteiger partial charge in [-0.05, 0) is 47.0 Å². The SMILES string of the molecule is CC1=CNC(=NCCCn2cncn2)NC1=C(C#N)c1ncccc1Br. The Bertz CT molecular complexity index is 905. The van der Waals surface area contributed by atoms with Crippen LogP contribution < -0.4 is 10.6 Å². The van der Waals surface area contributed by atoms with E-state index >= 15 is 0 Å². The van der Waals surface area contributed by atoms with Gasteiger partial charge in [0.25, 0.3) is 0 Å². The molecule has 0 saturated carbocycles. The van der Waals surface area contributed by atoms with Crippen LogP contribution in [0.15, 0.2) is 57.9 Å². The van der Waals surface area contributed by atoms with Crippen LogP contribution in [0.1, 0.15) is 19.0 Å². The minimum Gasteiger partial charge on any atom is -0.332 e. The number of nitrogens with zero attached hydrogens (tertiary/aromatic N) is 6. The van der Waals surface area contributed by atoms with Gasteiger partial charge in [0.15, 0.2) is 5.96 Å². The van der Waals surface area contributed by atoms with E-state index in [-0.39, 0.29) is 0 Å². The van der Waals surface area contributed by atoms with E-state index in [2.05, 4.69) is 52.7 Å². The zero-order chi connectivity index (χ0) is 18.4. The van der Waals surface area contributed by atoms with E-state index in [1.54, 1.807) is 17.2 Å². The molecule has 0 aliphatic carbocycles. The maximum atomic E-state index is 9.67. The molecule has 3 heterocycles. The second-order valence-corrected chi connectivity index (χ2v) is 6.39. The van der Waals surface area contributed by atoms with Crippen LogP contribution >= 0.6 is 15.9 Å². The first-order valence-corrected chi connectivity index (χ1v) is 8.81. The molecule has 8 nitrogen and oxygen atoms in total. The number of hydrogen-bond donors (Lipinski definition) is 2. The third kappa shape index (κ3) is 4.15. The average molecular weight is 413 g/mol. The van der Waals surface area contributed by atoms with Crippen molar-refractivity contribution in [2.24, 2.45) is 4.99 Å². The first-order valence-electron chi connectivity index (χ1n) is 8.02. The Hall–Kier alpha value is -2.99. The number of allylic oxidation sites excluding steroid dienone is 2. The molecule has 0 saturated heterocycles. The molecule has 132 valence electrons. The zero-order valence-corrected chi connectivity index (χ0v) is 15.7. The van der Waals surface area contributed by atoms with Crippen LogP contribution in [0.2, 0.25) is 0 Å². The standard InChI is InChI=1S/C17H17BrN8/c1-12-9-23-17(22-6-3-7-26-11-20-10-24-26)25-15(12)13(8-19)16-14(18)4-2-5-21-16/h2,4-5,9-11H,3,6-7H2,1H3,(H2,22,23,25). The van der Waals surface area contributed by atoms with E-state index in [1.807, 2.05) is 25.3 Å². The number of guanidine groups is 1. The Balaban J connectivity index is 1.76. The maximum absolute atomic E-state index is 9.67. The molecule has 0 atom stereocenters. The molecule has 0 unspecified atom stereocenters. The topological polar surface area (TPSA) is 104 Å². The van der Waals surface area contributed by atoms with Crippen molar-refractivity contribution in [3.8, 4) is 6.07 Å². The number of nitriles is 1. The van der Waals surface area contributed by atoms with Crippen LogP contribution in [0.25, 0.3) is 5.57 Å². The summed E-state index contributed by atoms with van der Waals surface area (Å²) >= 11 is 3.46. The molecule has 0 radical (unpaired) electrons. The fraction of sp³-hybridized carbons (Fsp3) is 0.235. The second kappa shape index (κ2) is 8.40. The van der Waals surface area contributed by atoms with Crippen molar-refractivity contribution in [3.63, 3.8) is 0 Å². The number of aryl methyl sites for hydroxylation is 1. The minimum atomic E-state index is 0.461. The molecule has 0 fully saturated rings. The molecule has 26 heavy (non-hydrogen) atoms. The van der Waals surface area contributed by atoms with Crippen LogP contribution in [0.4, 0.5) is 0 Å². The van der Waals surface area contributed by atoms with Crippen LogP contribution in [-0.4, -0.2) is 32.3 Å². The molecule has 0 bridgehead atoms. The highest BCUT2D eigenvalue weighted by atomic mass is 79.9. The van der Waals surface area contributed by atoms with Crippen LogP contribution in [0.5, 0.6) is 0 Å². The fourth-order valence-electron chi connectivity index (χ4n) is 2.42. The van der Waals surface area contributed by atoms with E-state index in [0.29, 0.717) is 29.5 Å². The van der Waals surface area contributed by atoms with Crippen molar-refractivity contribution >= 4 is 27.5 Å². The summed E-state index contributed by atoms with van der Waals surface area (Å²) in [5.74, 6) is 0.601. The predicted octanol–water partition coefficient (Wildman–Crippen LogP) is 2.21. The predicted molar refractivity (Wildman–Crippen MR) is 101 cm³/mol. The zero-order valence-electron chi connectivity index (χ0n) is 14.1. The van der Waals surface area contributed by atoms with E-state index < -0.39 is 0 Å². The quantitative estimate of drug-likeness (QED) is 0.576. The summed E-state index contributed by atoms with van der Waals surface area (Å²) in [6, 6.07) is 5.92. The summed E-state index contributed by atoms with van der Waals surface area (Å²) in [5, 5.41) is 20.0. The molecular formula is C17H17BrN8. The summed E-state index contributed by atoms with van der Waals surface area (Å²) in [6.45, 7) is 3.29. The van der Waals surface area contributed by atoms with Gasteiger partial charge in [0.2, 0.25) is 0 Å². The van der Waals surface area contributed by atoms with E-state index in [0.717, 1.165) is 23.0 Å². The van der Waals surface area contributed by atoms with Crippen LogP contribution in [0.3, 0.4) is 0 Å². The third-order valence-corrected chi connectivity index (χ3v) is 4.34. The summed E-state index contributed by atoms with van der Waals surface area (Å²) in [6.07, 6.45) is 7.52. The van der Waals surface area contributed by atoms with Crippen LogP contribution in [0, 0.1) is 11.3 Å². The monoisotopic (exact) mass is 412 g/mol. The van der Waals surface area contributed by atoms with Crippen molar-refractivity contribution in [2.45, 2.75) is 19.9 Å². The van der Waals surface area contributed by atoms with Gasteiger partial charge in [0.05, 0.1) is 11.4 Å². The van der Waals surface area contributed by atoms with Crippen molar-refractivity contribution in [3.05, 3.63) is 58.6 Å². The van der Waals surface area contributed by atoms with Crippen molar-refractivity contribution in [2.75, 3.05) is 6.54 Å². The van der Waals surface area contributed by atoms with Gasteiger partial charge in [-0.3, -0.25) is 14.7 Å². The first-order chi connectivity index (χ1) is 12.7. The lowest BCUT2D eigenvalue weighted by Gasteiger charge is -2.21. The van der Waals surface area contributed by atoms with Crippen LogP contribution in [-0.2, 0) is 6.54 Å². The lowest BCUT2D eigenvalue weighted by molar-refractivity contribution is 0.583. The van der Waals surface area contributed by atoms with Gasteiger partial charge in [0, 0.05) is 30.0 Å². The summed E-state index contributed by atoms with van der Waals surface area (Å²) < 4.78 is 2.53. The Morgan fingerprint density at radius 2 is 2.35 bits per heavy atom. The van der Waals surface area contributed by atoms with Crippen molar-refractivity contribution in [1.82, 2.24) is 30.4 Å². The van der Waals surface area contributed by atoms with Gasteiger partial charge in [-0.2, -0.15) is 10.4 Å². The van der Waals surface area contributed by atoms with Gasteiger partial charge < -0.3 is 10.6 Å². The largest absolute Gasteiger partial charge is 0.332 e. The summed E-state index contributed by atoms with van der Waals surface area (Å²) in [7, 11) is 0. The molecule has 3 rings (SSSR count). The highest BCUT2D eigenvalue weighted by Gasteiger charge is 2.19. The van der Waals surface area contributed by atoms with E-state index in [1.165, 1.54) is 6.33 Å². The molecule has 2 N–H and O–H groups in total. The van der Waals surface area contributed by atoms with Crippen molar-refractivity contribution < 1.29 is 0 Å². The Morgan fingerprint density at radius 1 is 1.46 bits per heavy atom. The Morgan fingerprint density at radius 3 is 3.08 bits per heavy atom. The number of aromatic nitrogens is 4. The van der Waals surface area contributed by atoms with Gasteiger partial charge in [-0.1, -0.05) is 0 Å². The fourth-order valence-corrected chi connectivity index (χ4v) is 2.87. The van der Waals surface area contributed by atoms with E-state index in [4.69, 9.17) is 0 Å². The summed E-state index contributed by atoms with van der Waals surface area (Å²) in [5.41, 5.74) is 2.65. The van der Waals surface area contributed by atoms with Gasteiger partial charge in [-0.25, -0.2) is 4.98 Å². The Kier molecular flexibility index (Phi) is 5.76. The normalized spacial score (nSPS) is 17.1. The highest BCUT2D eigenvalue weighted by molar-refractivity contribution is 9.10. The maximum Gasteiger partial charge on any atom is 0.199 e. The first kappa shape index (κ1) is 17.8. The molecule has 1 aliphatic rings. The van der Waals surface area contributed by atoms with Gasteiger partial charge in [-0.15, -0.1) is 0 Å². The molecule has 0 aromatic carbocycles. The van der Waals surface area contributed by atoms with Crippen molar-refractivity contribution in [1.29, 1.82) is 5.26 Å². The molecule has 1 aliphatic heterocycles. The summed E-state index contributed by atoms with van der Waals surface area (Å²) in [4.78, 5) is 12.7. The molecule has 9 heteroatoms. The highest BCUT2D eigenvalue weighted by Crippen LogP contribution is 2.26. The minimum absolute atomic E-state index is 0.461. The molecule has 2 aromatic rings. The number of rotatable bonds is 5. The Labute approximate surface area is 159 Å². The number of hydrogen-bond acceptors (Lipinski definition) is 5. The average Bonchev–Trinajstić information content (AvgIpc) is 3.16. The number of pyridine rings is 1. The molecule has 0 amide bonds. The molecule has 0 spiro atoms. The molecule has 2 aromatic heterocycles. The van der Waals surface area contributed by atoms with E-state index in [9.17, 15) is 5.26 Å². The lowest BCUT2D eigenvalue weighted by Crippen LogP contribution is -2.39. The number of halogens is 1. The van der Waals surface area contributed by atoms with Gasteiger partial charge in [0.1, 0.15) is 24.3 Å². The van der Waals surface area contributed by atoms with Gasteiger partial charge >= 0.3 is 0 Å². The number of nitrogens with one attached hydrogen (secondary N) is 2. The second-order valence-electron chi connectivity index (χ2n) is 5.53. The lowest BCUT2D eigenvalue weighted by atomic mass is 10.1. The number of aliphatic imine (C=N–C) groups is 1. The molecular weight excluding hydrogens is 396 g/mol.